The van der Waals surface area contributed by atoms with E-state index in [-0.39, 0.29) is 13.2 Å². The fourth-order valence-electron chi connectivity index (χ4n) is 3.16. The lowest BCUT2D eigenvalue weighted by molar-refractivity contribution is -0.390. The summed E-state index contributed by atoms with van der Waals surface area (Å²) >= 11 is 0. The lowest BCUT2D eigenvalue weighted by Crippen LogP contribution is -2.63. The van der Waals surface area contributed by atoms with Gasteiger partial charge in [-0.25, -0.2) is 0 Å². The molecule has 0 spiro atoms. The standard InChI is InChI=1S/C16H30O14/c17-1-2-26-9(5-20)27-6-16(14(25)11(22)8(4-19)29-16)30-15-13(24)12(23)10(21)7(3-18)28-15/h7-15,17-25H,1-6H2/t7-,8-,9?,10-,11-,12+,13-,14+,15-,16+/m1/s1. The minimum atomic E-state index is -2.27. The summed E-state index contributed by atoms with van der Waals surface area (Å²) in [4.78, 5) is 0. The molecule has 14 nitrogen and oxygen atoms in total. The predicted octanol–water partition coefficient (Wildman–Crippen LogP) is -6.04. The Balaban J connectivity index is 2.21. The predicted molar refractivity (Wildman–Crippen MR) is 91.4 cm³/mol. The van der Waals surface area contributed by atoms with Crippen molar-refractivity contribution >= 4 is 0 Å². The molecule has 30 heavy (non-hydrogen) atoms. The summed E-state index contributed by atoms with van der Waals surface area (Å²) in [6.07, 6.45) is -14.5. The van der Waals surface area contributed by atoms with Gasteiger partial charge in [0.1, 0.15) is 49.3 Å². The van der Waals surface area contributed by atoms with Crippen molar-refractivity contribution in [1.29, 1.82) is 0 Å². The van der Waals surface area contributed by atoms with E-state index in [0.717, 1.165) is 0 Å². The van der Waals surface area contributed by atoms with Crippen LogP contribution in [0.5, 0.6) is 0 Å². The fourth-order valence-corrected chi connectivity index (χ4v) is 3.16. The van der Waals surface area contributed by atoms with E-state index in [1.165, 1.54) is 0 Å². The molecule has 0 bridgehead atoms. The van der Waals surface area contributed by atoms with Gasteiger partial charge in [0.25, 0.3) is 0 Å². The van der Waals surface area contributed by atoms with E-state index >= 15 is 0 Å². The van der Waals surface area contributed by atoms with Crippen LogP contribution in [-0.4, -0.2) is 147 Å². The molecule has 2 saturated heterocycles. The van der Waals surface area contributed by atoms with Crippen LogP contribution in [0, 0.1) is 0 Å². The molecule has 2 aliphatic heterocycles. The Morgan fingerprint density at radius 1 is 0.800 bits per heavy atom. The summed E-state index contributed by atoms with van der Waals surface area (Å²) in [6, 6.07) is 0. The zero-order valence-electron chi connectivity index (χ0n) is 16.0. The first-order valence-corrected chi connectivity index (χ1v) is 9.32. The van der Waals surface area contributed by atoms with E-state index < -0.39 is 87.5 Å². The summed E-state index contributed by atoms with van der Waals surface area (Å²) in [5.74, 6) is -2.27. The average Bonchev–Trinajstić information content (AvgIpc) is 2.99. The van der Waals surface area contributed by atoms with Crippen LogP contribution in [0.4, 0.5) is 0 Å². The third kappa shape index (κ3) is 5.43. The van der Waals surface area contributed by atoms with Crippen molar-refractivity contribution < 1.29 is 69.6 Å². The smallest absolute Gasteiger partial charge is 0.224 e. The Hall–Kier alpha value is -0.560. The second kappa shape index (κ2) is 11.3. The van der Waals surface area contributed by atoms with Gasteiger partial charge >= 0.3 is 0 Å². The molecule has 9 N–H and O–H groups in total. The number of aliphatic hydroxyl groups is 9. The molecule has 14 heteroatoms. The van der Waals surface area contributed by atoms with Crippen molar-refractivity contribution in [3.05, 3.63) is 0 Å². The first-order chi connectivity index (χ1) is 14.2. The van der Waals surface area contributed by atoms with Gasteiger partial charge in [0.05, 0.1) is 33.0 Å². The van der Waals surface area contributed by atoms with E-state index in [1.807, 2.05) is 0 Å². The Morgan fingerprint density at radius 3 is 2.00 bits per heavy atom. The maximum absolute atomic E-state index is 10.5. The highest BCUT2D eigenvalue weighted by Gasteiger charge is 2.59. The SMILES string of the molecule is OCCOC(CO)OC[C@@]1(O[C@H]2O[C@H](CO)[C@@H](O)[C@H](O)[C@H]2O)O[C@H](CO)[C@@H](O)[C@@H]1O. The van der Waals surface area contributed by atoms with Gasteiger partial charge in [0.2, 0.25) is 5.79 Å². The van der Waals surface area contributed by atoms with Gasteiger partial charge in [0, 0.05) is 0 Å². The second-order valence-corrected chi connectivity index (χ2v) is 6.92. The lowest BCUT2D eigenvalue weighted by Gasteiger charge is -2.43. The van der Waals surface area contributed by atoms with Gasteiger partial charge in [0.15, 0.2) is 12.6 Å². The van der Waals surface area contributed by atoms with Crippen molar-refractivity contribution in [2.45, 2.75) is 61.1 Å². The molecule has 1 unspecified atom stereocenters. The van der Waals surface area contributed by atoms with Gasteiger partial charge < -0.3 is 69.6 Å². The molecule has 0 radical (unpaired) electrons. The Kier molecular flexibility index (Phi) is 9.72. The molecule has 0 aromatic heterocycles. The molecule has 2 aliphatic rings. The number of aliphatic hydroxyl groups excluding tert-OH is 9. The molecule has 2 fully saturated rings. The molecular formula is C16H30O14. The Labute approximate surface area is 171 Å². The van der Waals surface area contributed by atoms with Crippen molar-refractivity contribution in [1.82, 2.24) is 0 Å². The van der Waals surface area contributed by atoms with Crippen molar-refractivity contribution in [2.24, 2.45) is 0 Å². The zero-order valence-corrected chi connectivity index (χ0v) is 16.0. The van der Waals surface area contributed by atoms with Crippen LogP contribution in [-0.2, 0) is 23.7 Å². The minimum Gasteiger partial charge on any atom is -0.394 e. The van der Waals surface area contributed by atoms with Gasteiger partial charge in [-0.3, -0.25) is 0 Å². The number of hydrogen-bond donors (Lipinski definition) is 9. The molecule has 0 aromatic rings. The second-order valence-electron chi connectivity index (χ2n) is 6.92. The summed E-state index contributed by atoms with van der Waals surface area (Å²) < 4.78 is 26.5. The van der Waals surface area contributed by atoms with Crippen molar-refractivity contribution in [2.75, 3.05) is 39.6 Å². The van der Waals surface area contributed by atoms with Crippen LogP contribution in [0.1, 0.15) is 0 Å². The van der Waals surface area contributed by atoms with Crippen molar-refractivity contribution in [3.8, 4) is 0 Å². The van der Waals surface area contributed by atoms with Crippen LogP contribution in [0.3, 0.4) is 0 Å². The van der Waals surface area contributed by atoms with Crippen LogP contribution < -0.4 is 0 Å². The highest BCUT2D eigenvalue weighted by molar-refractivity contribution is 4.98. The highest BCUT2D eigenvalue weighted by atomic mass is 16.8. The average molecular weight is 446 g/mol. The normalized spacial score (nSPS) is 43.1. The topological polar surface area (TPSA) is 228 Å². The fraction of sp³-hybridized carbons (Fsp3) is 1.00. The molecule has 0 saturated carbocycles. The number of rotatable bonds is 11. The van der Waals surface area contributed by atoms with Crippen LogP contribution in [0.15, 0.2) is 0 Å². The zero-order chi connectivity index (χ0) is 22.5. The largest absolute Gasteiger partial charge is 0.394 e. The van der Waals surface area contributed by atoms with E-state index in [0.29, 0.717) is 0 Å². The summed E-state index contributed by atoms with van der Waals surface area (Å²) in [5.41, 5.74) is 0. The van der Waals surface area contributed by atoms with Gasteiger partial charge in [-0.05, 0) is 0 Å². The molecule has 0 amide bonds. The van der Waals surface area contributed by atoms with E-state index in [1.54, 1.807) is 0 Å². The summed E-state index contributed by atoms with van der Waals surface area (Å²) in [5, 5.41) is 87.4. The first kappa shape index (κ1) is 25.7. The molecule has 2 rings (SSSR count). The maximum atomic E-state index is 10.5. The molecule has 0 aromatic carbocycles. The quantitative estimate of drug-likeness (QED) is 0.135. The van der Waals surface area contributed by atoms with Crippen LogP contribution in [0.25, 0.3) is 0 Å². The van der Waals surface area contributed by atoms with Gasteiger partial charge in [-0.2, -0.15) is 0 Å². The van der Waals surface area contributed by atoms with Gasteiger partial charge in [-0.1, -0.05) is 0 Å². The van der Waals surface area contributed by atoms with Gasteiger partial charge in [-0.15, -0.1) is 0 Å². The van der Waals surface area contributed by atoms with Crippen LogP contribution in [0.2, 0.25) is 0 Å². The van der Waals surface area contributed by atoms with E-state index in [2.05, 4.69) is 0 Å². The highest BCUT2D eigenvalue weighted by Crippen LogP contribution is 2.36. The van der Waals surface area contributed by atoms with Crippen molar-refractivity contribution in [3.63, 3.8) is 0 Å². The lowest BCUT2D eigenvalue weighted by atomic mass is 9.99. The molecule has 178 valence electrons. The number of hydrogen-bond acceptors (Lipinski definition) is 14. The van der Waals surface area contributed by atoms with Crippen LogP contribution >= 0.6 is 0 Å². The van der Waals surface area contributed by atoms with E-state index in [9.17, 15) is 40.9 Å². The third-order valence-corrected chi connectivity index (χ3v) is 4.86. The summed E-state index contributed by atoms with van der Waals surface area (Å²) in [6.45, 7) is -3.37. The molecule has 2 heterocycles. The molecular weight excluding hydrogens is 416 g/mol. The Morgan fingerprint density at radius 2 is 1.47 bits per heavy atom. The Bertz CT molecular complexity index is 508. The molecule has 0 aliphatic carbocycles. The maximum Gasteiger partial charge on any atom is 0.224 e. The first-order valence-electron chi connectivity index (χ1n) is 9.32. The number of ether oxygens (including phenoxy) is 5. The monoisotopic (exact) mass is 446 g/mol. The minimum absolute atomic E-state index is 0.183. The third-order valence-electron chi connectivity index (χ3n) is 4.86. The summed E-state index contributed by atoms with van der Waals surface area (Å²) in [7, 11) is 0. The molecule has 10 atom stereocenters. The van der Waals surface area contributed by atoms with E-state index in [4.69, 9.17) is 28.8 Å².